The summed E-state index contributed by atoms with van der Waals surface area (Å²) < 4.78 is 0. The molecular weight excluding hydrogens is 286 g/mol. The molecule has 1 aromatic rings. The molecule has 0 saturated carbocycles. The van der Waals surface area contributed by atoms with Crippen LogP contribution >= 0.6 is 0 Å². The lowest BCUT2D eigenvalue weighted by molar-refractivity contribution is 0.221. The molecule has 0 aliphatic carbocycles. The molecule has 0 radical (unpaired) electrons. The zero-order valence-electron chi connectivity index (χ0n) is 14.6. The van der Waals surface area contributed by atoms with Gasteiger partial charge in [-0.2, -0.15) is 0 Å². The molecular formula is C18H29N5. The van der Waals surface area contributed by atoms with E-state index in [9.17, 15) is 0 Å². The van der Waals surface area contributed by atoms with Crippen LogP contribution in [0.5, 0.6) is 0 Å². The molecule has 1 aliphatic rings. The highest BCUT2D eigenvalue weighted by atomic mass is 15.2. The van der Waals surface area contributed by atoms with Gasteiger partial charge in [0, 0.05) is 38.9 Å². The quantitative estimate of drug-likeness (QED) is 0.496. The van der Waals surface area contributed by atoms with E-state index in [0.717, 1.165) is 44.1 Å². The van der Waals surface area contributed by atoms with E-state index in [1.165, 1.54) is 11.1 Å². The largest absolute Gasteiger partial charge is 0.354 e. The second-order valence-corrected chi connectivity index (χ2v) is 6.34. The number of aryl methyl sites for hydroxylation is 1. The highest BCUT2D eigenvalue weighted by molar-refractivity contribution is 5.79. The molecule has 0 amide bonds. The van der Waals surface area contributed by atoms with Crippen molar-refractivity contribution in [3.05, 3.63) is 41.7 Å². The fourth-order valence-electron chi connectivity index (χ4n) is 2.88. The Morgan fingerprint density at radius 2 is 2.17 bits per heavy atom. The third kappa shape index (κ3) is 5.67. The standard InChI is InChI=1S/C18H29N5/c1-14(2)13-23-10-7-16(8-11-23)22-18(19-4)21-12-17-15(3)6-5-9-20-17/h5-6,9,16H,1,7-8,10-13H2,2-4H3,(H2,19,21,22). The number of pyridine rings is 1. The molecule has 0 atom stereocenters. The topological polar surface area (TPSA) is 52.5 Å². The van der Waals surface area contributed by atoms with Gasteiger partial charge in [0.15, 0.2) is 5.96 Å². The minimum absolute atomic E-state index is 0.479. The van der Waals surface area contributed by atoms with Gasteiger partial charge in [-0.15, -0.1) is 0 Å². The van der Waals surface area contributed by atoms with Crippen molar-refractivity contribution in [1.29, 1.82) is 0 Å². The second kappa shape index (κ2) is 8.67. The van der Waals surface area contributed by atoms with Gasteiger partial charge in [0.2, 0.25) is 0 Å². The van der Waals surface area contributed by atoms with E-state index < -0.39 is 0 Å². The van der Waals surface area contributed by atoms with E-state index in [2.05, 4.69) is 52.0 Å². The van der Waals surface area contributed by atoms with Crippen molar-refractivity contribution in [1.82, 2.24) is 20.5 Å². The summed E-state index contributed by atoms with van der Waals surface area (Å²) in [5.74, 6) is 0.855. The molecule has 0 spiro atoms. The highest BCUT2D eigenvalue weighted by Crippen LogP contribution is 2.11. The molecule has 0 unspecified atom stereocenters. The van der Waals surface area contributed by atoms with Crippen LogP contribution in [0.1, 0.15) is 31.0 Å². The average molecular weight is 315 g/mol. The SMILES string of the molecule is C=C(C)CN1CCC(NC(=NC)NCc2ncccc2C)CC1. The number of hydrogen-bond acceptors (Lipinski definition) is 3. The maximum Gasteiger partial charge on any atom is 0.191 e. The third-order valence-corrected chi connectivity index (χ3v) is 4.19. The van der Waals surface area contributed by atoms with Crippen molar-refractivity contribution in [2.75, 3.05) is 26.7 Å². The van der Waals surface area contributed by atoms with Crippen molar-refractivity contribution in [2.24, 2.45) is 4.99 Å². The minimum Gasteiger partial charge on any atom is -0.354 e. The Kier molecular flexibility index (Phi) is 6.59. The number of nitrogens with one attached hydrogen (secondary N) is 2. The Balaban J connectivity index is 1.78. The van der Waals surface area contributed by atoms with Gasteiger partial charge in [0.25, 0.3) is 0 Å². The fraction of sp³-hybridized carbons (Fsp3) is 0.556. The minimum atomic E-state index is 0.479. The zero-order valence-corrected chi connectivity index (χ0v) is 14.6. The van der Waals surface area contributed by atoms with Crippen LogP contribution in [0.3, 0.4) is 0 Å². The summed E-state index contributed by atoms with van der Waals surface area (Å²) >= 11 is 0. The number of aromatic nitrogens is 1. The molecule has 1 aromatic heterocycles. The first-order valence-corrected chi connectivity index (χ1v) is 8.33. The van der Waals surface area contributed by atoms with Crippen LogP contribution in [0.4, 0.5) is 0 Å². The zero-order chi connectivity index (χ0) is 16.7. The van der Waals surface area contributed by atoms with E-state index >= 15 is 0 Å². The summed E-state index contributed by atoms with van der Waals surface area (Å²) in [6.07, 6.45) is 4.10. The summed E-state index contributed by atoms with van der Waals surface area (Å²) in [5, 5.41) is 6.90. The molecule has 126 valence electrons. The van der Waals surface area contributed by atoms with Gasteiger partial charge in [0.1, 0.15) is 0 Å². The molecule has 1 aliphatic heterocycles. The number of aliphatic imine (C=N–C) groups is 1. The molecule has 0 bridgehead atoms. The predicted molar refractivity (Wildman–Crippen MR) is 96.6 cm³/mol. The second-order valence-electron chi connectivity index (χ2n) is 6.34. The molecule has 2 rings (SSSR count). The smallest absolute Gasteiger partial charge is 0.191 e. The summed E-state index contributed by atoms with van der Waals surface area (Å²) in [4.78, 5) is 11.2. The fourth-order valence-corrected chi connectivity index (χ4v) is 2.88. The van der Waals surface area contributed by atoms with Crippen LogP contribution in [-0.2, 0) is 6.54 Å². The van der Waals surface area contributed by atoms with Crippen molar-refractivity contribution in [3.8, 4) is 0 Å². The molecule has 5 nitrogen and oxygen atoms in total. The molecule has 1 saturated heterocycles. The number of nitrogens with zero attached hydrogens (tertiary/aromatic N) is 3. The lowest BCUT2D eigenvalue weighted by Crippen LogP contribution is -2.48. The first-order chi connectivity index (χ1) is 11.1. The van der Waals surface area contributed by atoms with Gasteiger partial charge in [-0.1, -0.05) is 18.2 Å². The van der Waals surface area contributed by atoms with Gasteiger partial charge in [0.05, 0.1) is 12.2 Å². The molecule has 0 aromatic carbocycles. The van der Waals surface area contributed by atoms with Crippen LogP contribution in [0.2, 0.25) is 0 Å². The normalized spacial score (nSPS) is 17.1. The predicted octanol–water partition coefficient (Wildman–Crippen LogP) is 2.10. The Morgan fingerprint density at radius 3 is 2.78 bits per heavy atom. The number of guanidine groups is 1. The molecule has 2 N–H and O–H groups in total. The molecule has 23 heavy (non-hydrogen) atoms. The van der Waals surface area contributed by atoms with Gasteiger partial charge in [-0.05, 0) is 38.3 Å². The number of piperidine rings is 1. The number of likely N-dealkylation sites (tertiary alicyclic amines) is 1. The number of hydrogen-bond donors (Lipinski definition) is 2. The Bertz CT molecular complexity index is 544. The molecule has 2 heterocycles. The van der Waals surface area contributed by atoms with Crippen molar-refractivity contribution < 1.29 is 0 Å². The van der Waals surface area contributed by atoms with E-state index in [-0.39, 0.29) is 0 Å². The Hall–Kier alpha value is -1.88. The molecule has 5 heteroatoms. The van der Waals surface area contributed by atoms with Crippen LogP contribution in [0, 0.1) is 6.92 Å². The third-order valence-electron chi connectivity index (χ3n) is 4.19. The Morgan fingerprint density at radius 1 is 1.43 bits per heavy atom. The van der Waals surface area contributed by atoms with Crippen molar-refractivity contribution in [3.63, 3.8) is 0 Å². The monoisotopic (exact) mass is 315 g/mol. The van der Waals surface area contributed by atoms with E-state index in [1.807, 2.05) is 19.3 Å². The summed E-state index contributed by atoms with van der Waals surface area (Å²) in [6.45, 7) is 12.1. The Labute approximate surface area is 139 Å². The maximum atomic E-state index is 4.41. The van der Waals surface area contributed by atoms with Gasteiger partial charge in [-0.25, -0.2) is 0 Å². The molecule has 1 fully saturated rings. The average Bonchev–Trinajstić information content (AvgIpc) is 2.54. The van der Waals surface area contributed by atoms with Crippen molar-refractivity contribution >= 4 is 5.96 Å². The van der Waals surface area contributed by atoms with Crippen LogP contribution < -0.4 is 10.6 Å². The van der Waals surface area contributed by atoms with Gasteiger partial charge >= 0.3 is 0 Å². The van der Waals surface area contributed by atoms with Gasteiger partial charge in [-0.3, -0.25) is 14.9 Å². The van der Waals surface area contributed by atoms with Crippen LogP contribution in [0.15, 0.2) is 35.5 Å². The summed E-state index contributed by atoms with van der Waals surface area (Å²) in [7, 11) is 1.82. The van der Waals surface area contributed by atoms with E-state index in [4.69, 9.17) is 0 Å². The highest BCUT2D eigenvalue weighted by Gasteiger charge is 2.19. The first-order valence-electron chi connectivity index (χ1n) is 8.33. The van der Waals surface area contributed by atoms with E-state index in [1.54, 1.807) is 0 Å². The van der Waals surface area contributed by atoms with Crippen LogP contribution in [-0.4, -0.2) is 48.6 Å². The summed E-state index contributed by atoms with van der Waals surface area (Å²) in [5.41, 5.74) is 3.50. The van der Waals surface area contributed by atoms with E-state index in [0.29, 0.717) is 12.6 Å². The lowest BCUT2D eigenvalue weighted by atomic mass is 10.0. The van der Waals surface area contributed by atoms with Crippen molar-refractivity contribution in [2.45, 2.75) is 39.3 Å². The lowest BCUT2D eigenvalue weighted by Gasteiger charge is -2.33. The first kappa shape index (κ1) is 17.5. The van der Waals surface area contributed by atoms with Crippen LogP contribution in [0.25, 0.3) is 0 Å². The maximum absolute atomic E-state index is 4.41. The summed E-state index contributed by atoms with van der Waals surface area (Å²) in [6, 6.07) is 4.52. The van der Waals surface area contributed by atoms with Gasteiger partial charge < -0.3 is 10.6 Å². The number of rotatable bonds is 5.